The lowest BCUT2D eigenvalue weighted by Crippen LogP contribution is -2.38. The Morgan fingerprint density at radius 1 is 1.21 bits per heavy atom. The van der Waals surface area contributed by atoms with E-state index in [2.05, 4.69) is 48.3 Å². The van der Waals surface area contributed by atoms with E-state index < -0.39 is 0 Å². The molecule has 1 saturated carbocycles. The first kappa shape index (κ1) is 14.4. The van der Waals surface area contributed by atoms with Crippen LogP contribution in [0.15, 0.2) is 24.3 Å². The van der Waals surface area contributed by atoms with Crippen LogP contribution in [-0.4, -0.2) is 25.7 Å². The first-order chi connectivity index (χ1) is 9.29. The summed E-state index contributed by atoms with van der Waals surface area (Å²) >= 11 is 0. The Kier molecular flexibility index (Phi) is 5.71. The van der Waals surface area contributed by atoms with Gasteiger partial charge in [-0.05, 0) is 44.4 Å². The molecule has 0 amide bonds. The first-order valence-electron chi connectivity index (χ1n) is 7.84. The second-order valence-corrected chi connectivity index (χ2v) is 5.71. The first-order valence-corrected chi connectivity index (χ1v) is 7.84. The molecular weight excluding hydrogens is 232 g/mol. The molecule has 0 saturated heterocycles. The summed E-state index contributed by atoms with van der Waals surface area (Å²) in [5.74, 6) is 0. The predicted octanol–water partition coefficient (Wildman–Crippen LogP) is 3.74. The van der Waals surface area contributed by atoms with E-state index in [0.717, 1.165) is 25.7 Å². The van der Waals surface area contributed by atoms with Gasteiger partial charge < -0.3 is 10.2 Å². The number of anilines is 1. The van der Waals surface area contributed by atoms with Gasteiger partial charge in [-0.25, -0.2) is 0 Å². The number of aryl methyl sites for hydroxylation is 1. The lowest BCUT2D eigenvalue weighted by atomic mass is 9.95. The molecule has 0 spiro atoms. The Bertz CT molecular complexity index is 369. The molecule has 1 aliphatic rings. The Morgan fingerprint density at radius 2 is 2.00 bits per heavy atom. The fourth-order valence-electron chi connectivity index (χ4n) is 3.00. The molecule has 2 heteroatoms. The quantitative estimate of drug-likeness (QED) is 0.838. The van der Waals surface area contributed by atoms with Crippen molar-refractivity contribution in [1.82, 2.24) is 5.32 Å². The van der Waals surface area contributed by atoms with Gasteiger partial charge in [-0.1, -0.05) is 31.4 Å². The SMILES string of the molecule is CCN(CCNC1CCCCC1)c1cccc(C)c1. The lowest BCUT2D eigenvalue weighted by Gasteiger charge is -2.27. The van der Waals surface area contributed by atoms with Crippen molar-refractivity contribution < 1.29 is 0 Å². The summed E-state index contributed by atoms with van der Waals surface area (Å²) < 4.78 is 0. The normalized spacial score (nSPS) is 16.5. The van der Waals surface area contributed by atoms with Gasteiger partial charge in [0.1, 0.15) is 0 Å². The molecule has 0 aromatic heterocycles. The zero-order valence-corrected chi connectivity index (χ0v) is 12.5. The van der Waals surface area contributed by atoms with Crippen molar-refractivity contribution in [3.05, 3.63) is 29.8 Å². The minimum atomic E-state index is 0.768. The summed E-state index contributed by atoms with van der Waals surface area (Å²) in [4.78, 5) is 2.46. The number of benzene rings is 1. The van der Waals surface area contributed by atoms with Crippen LogP contribution in [0, 0.1) is 6.92 Å². The number of nitrogens with zero attached hydrogens (tertiary/aromatic N) is 1. The Labute approximate surface area is 118 Å². The molecule has 0 atom stereocenters. The largest absolute Gasteiger partial charge is 0.371 e. The molecule has 1 N–H and O–H groups in total. The molecule has 1 aromatic carbocycles. The van der Waals surface area contributed by atoms with E-state index in [0.29, 0.717) is 0 Å². The average molecular weight is 260 g/mol. The van der Waals surface area contributed by atoms with Gasteiger partial charge in [0.05, 0.1) is 0 Å². The van der Waals surface area contributed by atoms with Crippen LogP contribution < -0.4 is 10.2 Å². The highest BCUT2D eigenvalue weighted by molar-refractivity contribution is 5.48. The highest BCUT2D eigenvalue weighted by atomic mass is 15.1. The molecule has 0 bridgehead atoms. The second-order valence-electron chi connectivity index (χ2n) is 5.71. The average Bonchev–Trinajstić information content (AvgIpc) is 2.45. The Morgan fingerprint density at radius 3 is 2.68 bits per heavy atom. The van der Waals surface area contributed by atoms with E-state index in [9.17, 15) is 0 Å². The predicted molar refractivity (Wildman–Crippen MR) is 83.9 cm³/mol. The van der Waals surface area contributed by atoms with Crippen LogP contribution in [0.2, 0.25) is 0 Å². The molecule has 2 nitrogen and oxygen atoms in total. The molecule has 2 rings (SSSR count). The summed E-state index contributed by atoms with van der Waals surface area (Å²) in [5, 5.41) is 3.73. The van der Waals surface area contributed by atoms with E-state index in [-0.39, 0.29) is 0 Å². The smallest absolute Gasteiger partial charge is 0.0369 e. The maximum atomic E-state index is 3.73. The van der Waals surface area contributed by atoms with Crippen LogP contribution in [0.5, 0.6) is 0 Å². The van der Waals surface area contributed by atoms with Crippen molar-refractivity contribution in [3.8, 4) is 0 Å². The zero-order valence-electron chi connectivity index (χ0n) is 12.5. The van der Waals surface area contributed by atoms with Crippen LogP contribution in [0.25, 0.3) is 0 Å². The Hall–Kier alpha value is -1.02. The zero-order chi connectivity index (χ0) is 13.5. The van der Waals surface area contributed by atoms with Crippen molar-refractivity contribution in [2.75, 3.05) is 24.5 Å². The summed E-state index contributed by atoms with van der Waals surface area (Å²) in [6, 6.07) is 9.59. The molecule has 0 unspecified atom stereocenters. The number of nitrogens with one attached hydrogen (secondary N) is 1. The minimum Gasteiger partial charge on any atom is -0.371 e. The third-order valence-corrected chi connectivity index (χ3v) is 4.17. The van der Waals surface area contributed by atoms with Gasteiger partial charge in [-0.3, -0.25) is 0 Å². The molecule has 19 heavy (non-hydrogen) atoms. The van der Waals surface area contributed by atoms with E-state index in [1.54, 1.807) is 0 Å². The van der Waals surface area contributed by atoms with Crippen LogP contribution in [0.4, 0.5) is 5.69 Å². The summed E-state index contributed by atoms with van der Waals surface area (Å²) in [6.45, 7) is 7.69. The fraction of sp³-hybridized carbons (Fsp3) is 0.647. The standard InChI is InChI=1S/C17H28N2/c1-3-19(17-11-7-8-15(2)14-17)13-12-18-16-9-5-4-6-10-16/h7-8,11,14,16,18H,3-6,9-10,12-13H2,1-2H3. The fourth-order valence-corrected chi connectivity index (χ4v) is 3.00. The van der Waals surface area contributed by atoms with Crippen molar-refractivity contribution in [2.45, 2.75) is 52.0 Å². The third-order valence-electron chi connectivity index (χ3n) is 4.17. The molecule has 1 fully saturated rings. The van der Waals surface area contributed by atoms with E-state index in [1.807, 2.05) is 0 Å². The van der Waals surface area contributed by atoms with Crippen molar-refractivity contribution in [2.24, 2.45) is 0 Å². The molecule has 1 aliphatic carbocycles. The van der Waals surface area contributed by atoms with Crippen molar-refractivity contribution >= 4 is 5.69 Å². The maximum absolute atomic E-state index is 3.73. The molecular formula is C17H28N2. The van der Waals surface area contributed by atoms with E-state index in [4.69, 9.17) is 0 Å². The summed E-state index contributed by atoms with van der Waals surface area (Å²) in [6.07, 6.45) is 7.00. The molecule has 0 aliphatic heterocycles. The van der Waals surface area contributed by atoms with E-state index >= 15 is 0 Å². The highest BCUT2D eigenvalue weighted by Gasteiger charge is 2.12. The van der Waals surface area contributed by atoms with Gasteiger partial charge in [-0.15, -0.1) is 0 Å². The summed E-state index contributed by atoms with van der Waals surface area (Å²) in [7, 11) is 0. The van der Waals surface area contributed by atoms with Crippen LogP contribution in [-0.2, 0) is 0 Å². The topological polar surface area (TPSA) is 15.3 Å². The van der Waals surface area contributed by atoms with Gasteiger partial charge in [0.25, 0.3) is 0 Å². The van der Waals surface area contributed by atoms with Gasteiger partial charge in [-0.2, -0.15) is 0 Å². The van der Waals surface area contributed by atoms with Crippen LogP contribution in [0.3, 0.4) is 0 Å². The number of likely N-dealkylation sites (N-methyl/N-ethyl adjacent to an activating group) is 1. The second kappa shape index (κ2) is 7.54. The minimum absolute atomic E-state index is 0.768. The number of hydrogen-bond acceptors (Lipinski definition) is 2. The Balaban J connectivity index is 1.79. The number of rotatable bonds is 6. The molecule has 0 heterocycles. The van der Waals surface area contributed by atoms with Crippen LogP contribution in [0.1, 0.15) is 44.6 Å². The maximum Gasteiger partial charge on any atom is 0.0369 e. The van der Waals surface area contributed by atoms with Gasteiger partial charge in [0.15, 0.2) is 0 Å². The third kappa shape index (κ3) is 4.54. The van der Waals surface area contributed by atoms with Crippen LogP contribution >= 0.6 is 0 Å². The molecule has 106 valence electrons. The number of hydrogen-bond donors (Lipinski definition) is 1. The molecule has 1 aromatic rings. The van der Waals surface area contributed by atoms with Gasteiger partial charge >= 0.3 is 0 Å². The summed E-state index contributed by atoms with van der Waals surface area (Å²) in [5.41, 5.74) is 2.70. The lowest BCUT2D eigenvalue weighted by molar-refractivity contribution is 0.376. The van der Waals surface area contributed by atoms with E-state index in [1.165, 1.54) is 43.4 Å². The highest BCUT2D eigenvalue weighted by Crippen LogP contribution is 2.18. The van der Waals surface area contributed by atoms with Gasteiger partial charge in [0, 0.05) is 31.4 Å². The van der Waals surface area contributed by atoms with Crippen molar-refractivity contribution in [3.63, 3.8) is 0 Å². The van der Waals surface area contributed by atoms with Crippen molar-refractivity contribution in [1.29, 1.82) is 0 Å². The molecule has 0 radical (unpaired) electrons. The van der Waals surface area contributed by atoms with Gasteiger partial charge in [0.2, 0.25) is 0 Å². The monoisotopic (exact) mass is 260 g/mol.